The second-order valence-corrected chi connectivity index (χ2v) is 4.58. The van der Waals surface area contributed by atoms with Crippen LogP contribution in [0.5, 0.6) is 0 Å². The average Bonchev–Trinajstić information content (AvgIpc) is 2.30. The molecule has 0 atom stereocenters. The Labute approximate surface area is 99.1 Å². The maximum Gasteiger partial charge on any atom is 0.347 e. The van der Waals surface area contributed by atoms with Crippen molar-refractivity contribution in [2.24, 2.45) is 5.92 Å². The van der Waals surface area contributed by atoms with E-state index in [1.54, 1.807) is 16.8 Å². The van der Waals surface area contributed by atoms with Crippen molar-refractivity contribution in [2.45, 2.75) is 38.1 Å². The van der Waals surface area contributed by atoms with Gasteiger partial charge < -0.3 is 5.11 Å². The molecule has 92 valence electrons. The van der Waals surface area contributed by atoms with Gasteiger partial charge in [0.15, 0.2) is 0 Å². The average molecular weight is 236 g/mol. The van der Waals surface area contributed by atoms with Crippen LogP contribution in [0.3, 0.4) is 0 Å². The molecule has 1 saturated carbocycles. The van der Waals surface area contributed by atoms with Crippen LogP contribution in [0, 0.1) is 5.92 Å². The van der Waals surface area contributed by atoms with Gasteiger partial charge in [-0.05, 0) is 37.7 Å². The second kappa shape index (κ2) is 5.12. The molecule has 0 amide bonds. The molecule has 1 aliphatic rings. The van der Waals surface area contributed by atoms with E-state index >= 15 is 0 Å². The molecule has 1 heterocycles. The summed E-state index contributed by atoms with van der Waals surface area (Å²) >= 11 is 0. The number of carboxylic acids is 1. The number of hydrogen-bond donors (Lipinski definition) is 1. The summed E-state index contributed by atoms with van der Waals surface area (Å²) in [6, 6.07) is 1.94. The largest absolute Gasteiger partial charge is 0.481 e. The smallest absolute Gasteiger partial charge is 0.347 e. The van der Waals surface area contributed by atoms with Crippen LogP contribution in [0.2, 0.25) is 0 Å². The molecular weight excluding hydrogens is 220 g/mol. The molecule has 1 aliphatic carbocycles. The Kier molecular flexibility index (Phi) is 3.56. The zero-order chi connectivity index (χ0) is 12.3. The van der Waals surface area contributed by atoms with Crippen LogP contribution in [0.25, 0.3) is 0 Å². The fraction of sp³-hybridized carbons (Fsp3) is 0.583. The van der Waals surface area contributed by atoms with Crippen LogP contribution in [0.15, 0.2) is 23.3 Å². The second-order valence-electron chi connectivity index (χ2n) is 4.58. The van der Waals surface area contributed by atoms with E-state index in [4.69, 9.17) is 5.11 Å². The van der Waals surface area contributed by atoms with Gasteiger partial charge in [-0.15, -0.1) is 0 Å². The fourth-order valence-corrected chi connectivity index (χ4v) is 2.52. The Morgan fingerprint density at radius 3 is 2.71 bits per heavy atom. The van der Waals surface area contributed by atoms with Gasteiger partial charge in [0, 0.05) is 24.9 Å². The third-order valence-corrected chi connectivity index (χ3v) is 3.41. The van der Waals surface area contributed by atoms with Gasteiger partial charge in [-0.1, -0.05) is 0 Å². The summed E-state index contributed by atoms with van der Waals surface area (Å²) in [5, 5.41) is 8.73. The Hall–Kier alpha value is -1.65. The summed E-state index contributed by atoms with van der Waals surface area (Å²) in [5.41, 5.74) is -0.214. The van der Waals surface area contributed by atoms with Crippen molar-refractivity contribution < 1.29 is 9.90 Å². The first-order valence-corrected chi connectivity index (χ1v) is 5.92. The third-order valence-electron chi connectivity index (χ3n) is 3.41. The van der Waals surface area contributed by atoms with Crippen molar-refractivity contribution in [3.63, 3.8) is 0 Å². The third kappa shape index (κ3) is 2.93. The van der Waals surface area contributed by atoms with Gasteiger partial charge in [0.25, 0.3) is 0 Å². The van der Waals surface area contributed by atoms with E-state index in [2.05, 4.69) is 4.98 Å². The van der Waals surface area contributed by atoms with E-state index in [0.29, 0.717) is 0 Å². The van der Waals surface area contributed by atoms with Crippen LogP contribution in [-0.4, -0.2) is 20.6 Å². The number of aliphatic carboxylic acids is 1. The lowest BCUT2D eigenvalue weighted by molar-refractivity contribution is -0.138. The molecule has 0 spiro atoms. The molecule has 0 bridgehead atoms. The molecule has 1 fully saturated rings. The minimum atomic E-state index is -0.730. The maximum atomic E-state index is 11.5. The highest BCUT2D eigenvalue weighted by molar-refractivity contribution is 5.67. The lowest BCUT2D eigenvalue weighted by Crippen LogP contribution is -2.29. The first kappa shape index (κ1) is 11.8. The number of rotatable bonds is 3. The normalized spacial score (nSPS) is 24.5. The first-order valence-electron chi connectivity index (χ1n) is 5.92. The van der Waals surface area contributed by atoms with E-state index < -0.39 is 5.97 Å². The number of nitrogens with zero attached hydrogens (tertiary/aromatic N) is 2. The van der Waals surface area contributed by atoms with Crippen LogP contribution in [-0.2, 0) is 4.79 Å². The zero-order valence-electron chi connectivity index (χ0n) is 9.58. The molecule has 0 aromatic carbocycles. The summed E-state index contributed by atoms with van der Waals surface area (Å²) in [6.07, 6.45) is 6.98. The molecule has 5 nitrogen and oxygen atoms in total. The fourth-order valence-electron chi connectivity index (χ4n) is 2.52. The quantitative estimate of drug-likeness (QED) is 0.862. The highest BCUT2D eigenvalue weighted by atomic mass is 16.4. The van der Waals surface area contributed by atoms with Crippen LogP contribution < -0.4 is 5.69 Å². The lowest BCUT2D eigenvalue weighted by Gasteiger charge is -2.28. The molecule has 0 aliphatic heterocycles. The lowest BCUT2D eigenvalue weighted by atomic mass is 9.84. The first-order chi connectivity index (χ1) is 8.16. The Balaban J connectivity index is 1.98. The minimum Gasteiger partial charge on any atom is -0.481 e. The predicted molar refractivity (Wildman–Crippen MR) is 61.7 cm³/mol. The van der Waals surface area contributed by atoms with Gasteiger partial charge in [-0.2, -0.15) is 0 Å². The Bertz CT molecular complexity index is 447. The number of carboxylic acid groups (broad SMARTS) is 1. The highest BCUT2D eigenvalue weighted by Crippen LogP contribution is 2.32. The van der Waals surface area contributed by atoms with Gasteiger partial charge >= 0.3 is 11.7 Å². The van der Waals surface area contributed by atoms with Crippen LogP contribution in [0.1, 0.15) is 38.1 Å². The van der Waals surface area contributed by atoms with E-state index in [9.17, 15) is 9.59 Å². The molecule has 0 saturated heterocycles. The summed E-state index contributed by atoms with van der Waals surface area (Å²) in [4.78, 5) is 25.9. The number of aromatic nitrogens is 2. The van der Waals surface area contributed by atoms with E-state index in [0.717, 1.165) is 25.7 Å². The number of hydrogen-bond acceptors (Lipinski definition) is 3. The molecule has 2 rings (SSSR count). The van der Waals surface area contributed by atoms with Crippen molar-refractivity contribution in [1.29, 1.82) is 0 Å². The Morgan fingerprint density at radius 1 is 1.41 bits per heavy atom. The van der Waals surface area contributed by atoms with Crippen molar-refractivity contribution in [1.82, 2.24) is 9.55 Å². The standard InChI is InChI=1S/C12H16N2O3/c15-11(16)8-9-2-4-10(5-3-9)14-7-1-6-13-12(14)17/h1,6-7,9-10H,2-5,8H2,(H,15,16). The Morgan fingerprint density at radius 2 is 2.12 bits per heavy atom. The van der Waals surface area contributed by atoms with Gasteiger partial charge in [0.2, 0.25) is 0 Å². The van der Waals surface area contributed by atoms with Crippen LogP contribution >= 0.6 is 0 Å². The van der Waals surface area contributed by atoms with Crippen molar-refractivity contribution >= 4 is 5.97 Å². The SMILES string of the molecule is O=C(O)CC1CCC(n2cccnc2=O)CC1. The van der Waals surface area contributed by atoms with E-state index in [1.165, 1.54) is 6.20 Å². The molecule has 0 unspecified atom stereocenters. The summed E-state index contributed by atoms with van der Waals surface area (Å²) in [7, 11) is 0. The van der Waals surface area contributed by atoms with E-state index in [-0.39, 0.29) is 24.1 Å². The van der Waals surface area contributed by atoms with Crippen molar-refractivity contribution in [3.05, 3.63) is 28.9 Å². The van der Waals surface area contributed by atoms with E-state index in [1.807, 2.05) is 0 Å². The van der Waals surface area contributed by atoms with Crippen LogP contribution in [0.4, 0.5) is 0 Å². The summed E-state index contributed by atoms with van der Waals surface area (Å²) < 4.78 is 1.66. The molecule has 1 aromatic heterocycles. The minimum absolute atomic E-state index is 0.182. The maximum absolute atomic E-state index is 11.5. The summed E-state index contributed by atoms with van der Waals surface area (Å²) in [6.45, 7) is 0. The van der Waals surface area contributed by atoms with Gasteiger partial charge in [0.05, 0.1) is 0 Å². The van der Waals surface area contributed by atoms with Gasteiger partial charge in [-0.25, -0.2) is 9.78 Å². The molecule has 1 N–H and O–H groups in total. The predicted octanol–water partition coefficient (Wildman–Crippen LogP) is 1.45. The zero-order valence-corrected chi connectivity index (χ0v) is 9.58. The highest BCUT2D eigenvalue weighted by Gasteiger charge is 2.24. The number of carbonyl (C=O) groups is 1. The monoisotopic (exact) mass is 236 g/mol. The topological polar surface area (TPSA) is 72.2 Å². The molecule has 0 radical (unpaired) electrons. The summed E-state index contributed by atoms with van der Waals surface area (Å²) in [5.74, 6) is -0.469. The molecule has 17 heavy (non-hydrogen) atoms. The van der Waals surface area contributed by atoms with Gasteiger partial charge in [-0.3, -0.25) is 9.36 Å². The molecular formula is C12H16N2O3. The van der Waals surface area contributed by atoms with Crippen molar-refractivity contribution in [3.8, 4) is 0 Å². The van der Waals surface area contributed by atoms with Gasteiger partial charge in [0.1, 0.15) is 0 Å². The molecule has 5 heteroatoms. The molecule has 1 aromatic rings. The van der Waals surface area contributed by atoms with Crippen molar-refractivity contribution in [2.75, 3.05) is 0 Å².